The van der Waals surface area contributed by atoms with E-state index in [1.54, 1.807) is 56.4 Å². The number of aromatic nitrogens is 4. The van der Waals surface area contributed by atoms with Crippen LogP contribution in [0.5, 0.6) is 5.88 Å². The number of fused-ring (bicyclic) bond motifs is 1. The van der Waals surface area contributed by atoms with Gasteiger partial charge in [-0.05, 0) is 25.1 Å². The van der Waals surface area contributed by atoms with Crippen LogP contribution in [0.1, 0.15) is 22.7 Å². The van der Waals surface area contributed by atoms with Crippen molar-refractivity contribution in [2.45, 2.75) is 12.8 Å². The summed E-state index contributed by atoms with van der Waals surface area (Å²) in [5.74, 6) is -13.4. The number of para-hydroxylation sites is 1. The molecule has 1 unspecified atom stereocenters. The number of hydrogen-bond acceptors (Lipinski definition) is 5. The first kappa shape index (κ1) is 23.1. The minimum absolute atomic E-state index is 0.0474. The molecule has 4 aromatic rings. The molecule has 0 fully saturated rings. The van der Waals surface area contributed by atoms with Gasteiger partial charge in [0.05, 0.1) is 28.6 Å². The molecule has 36 heavy (non-hydrogen) atoms. The van der Waals surface area contributed by atoms with E-state index in [9.17, 15) is 18.4 Å². The second kappa shape index (κ2) is 8.23. The van der Waals surface area contributed by atoms with Crippen LogP contribution < -0.4 is 10.5 Å². The van der Waals surface area contributed by atoms with Crippen molar-refractivity contribution in [1.29, 1.82) is 5.26 Å². The maximum atomic E-state index is 15.1. The Morgan fingerprint density at radius 3 is 2.11 bits per heavy atom. The first-order valence-corrected chi connectivity index (χ1v) is 10.4. The summed E-state index contributed by atoms with van der Waals surface area (Å²) < 4.78 is 80.9. The van der Waals surface area contributed by atoms with Gasteiger partial charge in [-0.2, -0.15) is 20.1 Å². The lowest BCUT2D eigenvalue weighted by Gasteiger charge is -2.26. The van der Waals surface area contributed by atoms with E-state index in [-0.39, 0.29) is 17.1 Å². The highest BCUT2D eigenvalue weighted by molar-refractivity contribution is 5.70. The van der Waals surface area contributed by atoms with Crippen molar-refractivity contribution in [3.8, 4) is 29.0 Å². The highest BCUT2D eigenvalue weighted by Gasteiger charge is 2.43. The van der Waals surface area contributed by atoms with Crippen molar-refractivity contribution in [2.75, 3.05) is 0 Å². The Hall–Kier alpha value is -4.66. The molecule has 0 saturated carbocycles. The third kappa shape index (κ3) is 3.24. The van der Waals surface area contributed by atoms with Crippen LogP contribution in [-0.2, 0) is 7.05 Å². The third-order valence-corrected chi connectivity index (χ3v) is 5.83. The number of nitrogens with two attached hydrogens (primary N) is 1. The molecule has 2 aromatic carbocycles. The van der Waals surface area contributed by atoms with Crippen molar-refractivity contribution in [2.24, 2.45) is 12.8 Å². The van der Waals surface area contributed by atoms with Crippen LogP contribution >= 0.6 is 0 Å². The fraction of sp³-hybridized carbons (Fsp3) is 0.125. The van der Waals surface area contributed by atoms with Crippen molar-refractivity contribution >= 4 is 0 Å². The molecule has 182 valence electrons. The lowest BCUT2D eigenvalue weighted by atomic mass is 9.82. The summed E-state index contributed by atoms with van der Waals surface area (Å²) in [6.07, 6.45) is 0. The zero-order chi connectivity index (χ0) is 25.9. The first-order chi connectivity index (χ1) is 17.1. The van der Waals surface area contributed by atoms with E-state index in [0.29, 0.717) is 17.1 Å². The van der Waals surface area contributed by atoms with Crippen LogP contribution in [0.15, 0.2) is 47.9 Å². The van der Waals surface area contributed by atoms with E-state index < -0.39 is 52.0 Å². The molecule has 0 radical (unpaired) electrons. The highest BCUT2D eigenvalue weighted by atomic mass is 19.2. The average molecular weight is 498 g/mol. The predicted molar refractivity (Wildman–Crippen MR) is 116 cm³/mol. The highest BCUT2D eigenvalue weighted by Crippen LogP contribution is 2.49. The number of ether oxygens (including phenoxy) is 1. The van der Waals surface area contributed by atoms with Gasteiger partial charge in [-0.1, -0.05) is 18.2 Å². The normalized spacial score (nSPS) is 15.0. The lowest BCUT2D eigenvalue weighted by molar-refractivity contribution is 0.352. The van der Waals surface area contributed by atoms with Gasteiger partial charge in [-0.25, -0.2) is 22.0 Å². The first-order valence-electron chi connectivity index (χ1n) is 10.4. The number of nitrogens with zero attached hydrogens (tertiary/aromatic N) is 5. The Labute approximate surface area is 200 Å². The molecule has 0 spiro atoms. The Morgan fingerprint density at radius 2 is 1.56 bits per heavy atom. The Morgan fingerprint density at radius 1 is 0.944 bits per heavy atom. The topological polar surface area (TPSA) is 94.7 Å². The van der Waals surface area contributed by atoms with Crippen LogP contribution in [0.3, 0.4) is 0 Å². The molecule has 3 heterocycles. The summed E-state index contributed by atoms with van der Waals surface area (Å²) in [5.41, 5.74) is 5.43. The molecule has 0 bridgehead atoms. The van der Waals surface area contributed by atoms with Gasteiger partial charge in [0.15, 0.2) is 23.3 Å². The predicted octanol–water partition coefficient (Wildman–Crippen LogP) is 4.49. The minimum atomic E-state index is -2.32. The van der Waals surface area contributed by atoms with E-state index in [2.05, 4.69) is 10.2 Å². The molecule has 0 amide bonds. The maximum Gasteiger partial charge on any atom is 0.229 e. The van der Waals surface area contributed by atoms with Gasteiger partial charge in [0.1, 0.15) is 17.3 Å². The quantitative estimate of drug-likeness (QED) is 0.255. The fourth-order valence-corrected chi connectivity index (χ4v) is 4.27. The molecule has 1 atom stereocenters. The van der Waals surface area contributed by atoms with E-state index in [0.717, 1.165) is 0 Å². The Kier molecular flexibility index (Phi) is 5.28. The van der Waals surface area contributed by atoms with Gasteiger partial charge in [0.2, 0.25) is 17.6 Å². The molecular formula is C24H15F5N6O. The van der Waals surface area contributed by atoms with Gasteiger partial charge >= 0.3 is 0 Å². The molecule has 5 rings (SSSR count). The number of hydrogen-bond donors (Lipinski definition) is 1. The van der Waals surface area contributed by atoms with Gasteiger partial charge in [-0.3, -0.25) is 4.68 Å². The lowest BCUT2D eigenvalue weighted by Crippen LogP contribution is -2.24. The van der Waals surface area contributed by atoms with Crippen LogP contribution in [0.4, 0.5) is 22.0 Å². The summed E-state index contributed by atoms with van der Waals surface area (Å²) in [6, 6.07) is 11.8. The van der Waals surface area contributed by atoms with Crippen LogP contribution in [-0.4, -0.2) is 19.6 Å². The standard InChI is InChI=1S/C24H15F5N6O/c1-10-8-13(34(2)32-10)22-16-14(15-17(25)19(27)21(29)20(28)18(15)26)12(9-30)23(31)36-24(16)35(33-22)11-6-4-3-5-7-11/h3-8,14H,31H2,1-2H3. The number of halogens is 5. The minimum Gasteiger partial charge on any atom is -0.422 e. The van der Waals surface area contributed by atoms with Crippen molar-refractivity contribution < 1.29 is 26.7 Å². The zero-order valence-corrected chi connectivity index (χ0v) is 18.7. The smallest absolute Gasteiger partial charge is 0.229 e. The van der Waals surface area contributed by atoms with E-state index >= 15 is 8.78 Å². The van der Waals surface area contributed by atoms with Crippen molar-refractivity contribution in [3.05, 3.63) is 93.8 Å². The SMILES string of the molecule is Cc1cc(-c2nn(-c3ccccc3)c3c2C(c2c(F)c(F)c(F)c(F)c2F)C(C#N)=C(N)O3)n(C)n1. The Bertz CT molecular complexity index is 1590. The largest absolute Gasteiger partial charge is 0.422 e. The molecule has 0 saturated heterocycles. The number of allylic oxidation sites excluding steroid dienone is 1. The van der Waals surface area contributed by atoms with Gasteiger partial charge < -0.3 is 10.5 Å². The summed E-state index contributed by atoms with van der Waals surface area (Å²) in [4.78, 5) is 0. The van der Waals surface area contributed by atoms with Gasteiger partial charge in [-0.15, -0.1) is 0 Å². The average Bonchev–Trinajstić information content (AvgIpc) is 3.40. The maximum absolute atomic E-state index is 15.1. The molecule has 7 nitrogen and oxygen atoms in total. The fourth-order valence-electron chi connectivity index (χ4n) is 4.27. The second-order valence-electron chi connectivity index (χ2n) is 8.02. The van der Waals surface area contributed by atoms with Gasteiger partial charge in [0.25, 0.3) is 0 Å². The third-order valence-electron chi connectivity index (χ3n) is 5.83. The summed E-state index contributed by atoms with van der Waals surface area (Å²) in [5, 5.41) is 18.6. The summed E-state index contributed by atoms with van der Waals surface area (Å²) >= 11 is 0. The molecule has 1 aliphatic rings. The molecule has 12 heteroatoms. The van der Waals surface area contributed by atoms with Crippen molar-refractivity contribution in [1.82, 2.24) is 19.6 Å². The number of nitriles is 1. The van der Waals surface area contributed by atoms with E-state index in [4.69, 9.17) is 10.5 Å². The van der Waals surface area contributed by atoms with Gasteiger partial charge in [0, 0.05) is 12.6 Å². The van der Waals surface area contributed by atoms with E-state index in [1.165, 1.54) is 9.36 Å². The second-order valence-corrected chi connectivity index (χ2v) is 8.02. The summed E-state index contributed by atoms with van der Waals surface area (Å²) in [6.45, 7) is 1.70. The molecule has 0 aliphatic carbocycles. The number of benzene rings is 2. The molecule has 1 aliphatic heterocycles. The number of rotatable bonds is 3. The summed E-state index contributed by atoms with van der Waals surface area (Å²) in [7, 11) is 1.59. The monoisotopic (exact) mass is 498 g/mol. The van der Waals surface area contributed by atoms with Crippen LogP contribution in [0.25, 0.3) is 17.1 Å². The van der Waals surface area contributed by atoms with Crippen LogP contribution in [0.2, 0.25) is 0 Å². The van der Waals surface area contributed by atoms with E-state index in [1.807, 2.05) is 0 Å². The zero-order valence-electron chi connectivity index (χ0n) is 18.7. The van der Waals surface area contributed by atoms with Crippen LogP contribution in [0, 0.1) is 47.3 Å². The van der Waals surface area contributed by atoms with Crippen molar-refractivity contribution in [3.63, 3.8) is 0 Å². The molecule has 2 N–H and O–H groups in total. The number of aryl methyl sites for hydroxylation is 2. The molecule has 2 aromatic heterocycles. The molecular weight excluding hydrogens is 483 g/mol. The Balaban J connectivity index is 1.93.